The van der Waals surface area contributed by atoms with Crippen LogP contribution in [0.15, 0.2) is 18.2 Å². The summed E-state index contributed by atoms with van der Waals surface area (Å²) in [6, 6.07) is 6.28. The topological polar surface area (TPSA) is 45.0 Å². The van der Waals surface area contributed by atoms with Gasteiger partial charge in [0.05, 0.1) is 11.1 Å². The zero-order valence-electron chi connectivity index (χ0n) is 12.9. The third kappa shape index (κ3) is 4.68. The third-order valence-electron chi connectivity index (χ3n) is 3.95. The molecule has 0 radical (unpaired) electrons. The molecule has 2 rings (SSSR count). The maximum absolute atomic E-state index is 12.3. The number of nitrogens with zero attached hydrogens (tertiary/aromatic N) is 1. The molecule has 1 aliphatic rings. The molecule has 1 aliphatic carbocycles. The van der Waals surface area contributed by atoms with Gasteiger partial charge in [-0.3, -0.25) is 0 Å². The Morgan fingerprint density at radius 3 is 2.39 bits per heavy atom. The van der Waals surface area contributed by atoms with Crippen LogP contribution < -0.4 is 10.1 Å². The normalized spacial score (nSPS) is 28.0. The SMILES string of the molecule is C[C@@H]1C[C@H](C)CC(C#N)(Nc2ccc(OC(F)(F)F)c(Cl)c2)C1. The molecule has 1 saturated carbocycles. The van der Waals surface area contributed by atoms with Gasteiger partial charge in [0.25, 0.3) is 0 Å². The summed E-state index contributed by atoms with van der Waals surface area (Å²) in [5.41, 5.74) is -0.223. The molecule has 3 atom stereocenters. The zero-order chi connectivity index (χ0) is 17.3. The molecular weight excluding hydrogens is 329 g/mol. The lowest BCUT2D eigenvalue weighted by Gasteiger charge is -2.39. The van der Waals surface area contributed by atoms with Gasteiger partial charge in [0.15, 0.2) is 0 Å². The predicted octanol–water partition coefficient (Wildman–Crippen LogP) is 5.37. The quantitative estimate of drug-likeness (QED) is 0.800. The Bertz CT molecular complexity index is 602. The standard InChI is InChI=1S/C16H18ClF3N2O/c1-10-5-11(2)8-15(7-10,9-21)22-12-3-4-14(13(17)6-12)23-16(18,19)20/h3-4,6,10-11,22H,5,7-8H2,1-2H3/t10-,11+,15?. The zero-order valence-corrected chi connectivity index (χ0v) is 13.6. The van der Waals surface area contributed by atoms with Crippen molar-refractivity contribution in [3.8, 4) is 11.8 Å². The number of halogens is 4. The van der Waals surface area contributed by atoms with Gasteiger partial charge in [0.1, 0.15) is 11.3 Å². The second-order valence-electron chi connectivity index (χ2n) is 6.37. The molecule has 1 fully saturated rings. The van der Waals surface area contributed by atoms with Crippen molar-refractivity contribution >= 4 is 17.3 Å². The molecular formula is C16H18ClF3N2O. The minimum Gasteiger partial charge on any atom is -0.404 e. The number of ether oxygens (including phenoxy) is 1. The first-order valence-electron chi connectivity index (χ1n) is 7.37. The van der Waals surface area contributed by atoms with E-state index in [9.17, 15) is 18.4 Å². The second-order valence-corrected chi connectivity index (χ2v) is 6.77. The fourth-order valence-electron chi connectivity index (χ4n) is 3.41. The van der Waals surface area contributed by atoms with E-state index in [1.54, 1.807) is 0 Å². The van der Waals surface area contributed by atoms with Gasteiger partial charge < -0.3 is 10.1 Å². The Morgan fingerprint density at radius 1 is 1.30 bits per heavy atom. The van der Waals surface area contributed by atoms with Crippen LogP contribution in [0.4, 0.5) is 18.9 Å². The van der Waals surface area contributed by atoms with Crippen molar-refractivity contribution < 1.29 is 17.9 Å². The summed E-state index contributed by atoms with van der Waals surface area (Å²) < 4.78 is 40.6. The van der Waals surface area contributed by atoms with Crippen LogP contribution in [0.25, 0.3) is 0 Å². The minimum absolute atomic E-state index is 0.155. The fraction of sp³-hybridized carbons (Fsp3) is 0.562. The monoisotopic (exact) mass is 346 g/mol. The maximum Gasteiger partial charge on any atom is 0.573 e. The van der Waals surface area contributed by atoms with Gasteiger partial charge in [-0.1, -0.05) is 25.4 Å². The second kappa shape index (κ2) is 6.48. The molecule has 0 amide bonds. The largest absolute Gasteiger partial charge is 0.573 e. The predicted molar refractivity (Wildman–Crippen MR) is 82.3 cm³/mol. The van der Waals surface area contributed by atoms with Crippen molar-refractivity contribution in [2.75, 3.05) is 5.32 Å². The molecule has 1 aromatic carbocycles. The van der Waals surface area contributed by atoms with Crippen LogP contribution in [0.2, 0.25) is 5.02 Å². The van der Waals surface area contributed by atoms with Crippen molar-refractivity contribution in [3.05, 3.63) is 23.2 Å². The Kier molecular flexibility index (Phi) is 5.00. The lowest BCUT2D eigenvalue weighted by molar-refractivity contribution is -0.274. The molecule has 0 heterocycles. The molecule has 1 aromatic rings. The summed E-state index contributed by atoms with van der Waals surface area (Å²) in [4.78, 5) is 0. The van der Waals surface area contributed by atoms with Crippen molar-refractivity contribution in [2.45, 2.75) is 45.0 Å². The van der Waals surface area contributed by atoms with E-state index in [4.69, 9.17) is 11.6 Å². The van der Waals surface area contributed by atoms with E-state index in [0.29, 0.717) is 30.4 Å². The number of nitriles is 1. The number of nitrogens with one attached hydrogen (secondary N) is 1. The summed E-state index contributed by atoms with van der Waals surface area (Å²) in [7, 11) is 0. The molecule has 23 heavy (non-hydrogen) atoms. The highest BCUT2D eigenvalue weighted by atomic mass is 35.5. The first-order valence-corrected chi connectivity index (χ1v) is 7.75. The molecule has 126 valence electrons. The number of rotatable bonds is 3. The maximum atomic E-state index is 12.3. The van der Waals surface area contributed by atoms with Crippen LogP contribution in [0.1, 0.15) is 33.1 Å². The Morgan fingerprint density at radius 2 is 1.91 bits per heavy atom. The van der Waals surface area contributed by atoms with E-state index in [0.717, 1.165) is 12.5 Å². The lowest BCUT2D eigenvalue weighted by atomic mass is 9.72. The molecule has 0 aliphatic heterocycles. The highest BCUT2D eigenvalue weighted by Crippen LogP contribution is 2.39. The summed E-state index contributed by atoms with van der Waals surface area (Å²) >= 11 is 5.85. The third-order valence-corrected chi connectivity index (χ3v) is 4.25. The van der Waals surface area contributed by atoms with Gasteiger partial charge in [-0.15, -0.1) is 13.2 Å². The van der Waals surface area contributed by atoms with E-state index in [1.165, 1.54) is 12.1 Å². The highest BCUT2D eigenvalue weighted by molar-refractivity contribution is 6.32. The Labute approximate surface area is 138 Å². The van der Waals surface area contributed by atoms with Crippen molar-refractivity contribution in [1.82, 2.24) is 0 Å². The Hall–Kier alpha value is -1.61. The van der Waals surface area contributed by atoms with Gasteiger partial charge in [-0.25, -0.2) is 0 Å². The first kappa shape index (κ1) is 17.7. The molecule has 7 heteroatoms. The molecule has 0 saturated heterocycles. The van der Waals surface area contributed by atoms with Crippen molar-refractivity contribution in [2.24, 2.45) is 11.8 Å². The van der Waals surface area contributed by atoms with E-state index >= 15 is 0 Å². The fourth-order valence-corrected chi connectivity index (χ4v) is 3.63. The van der Waals surface area contributed by atoms with Crippen LogP contribution in [-0.2, 0) is 0 Å². The van der Waals surface area contributed by atoms with Crippen LogP contribution in [0.3, 0.4) is 0 Å². The summed E-state index contributed by atoms with van der Waals surface area (Å²) in [6.07, 6.45) is -2.36. The Balaban J connectivity index is 2.19. The molecule has 0 spiro atoms. The van der Waals surface area contributed by atoms with Crippen LogP contribution in [-0.4, -0.2) is 11.9 Å². The molecule has 0 bridgehead atoms. The van der Waals surface area contributed by atoms with Gasteiger partial charge in [-0.05, 0) is 49.3 Å². The molecule has 1 unspecified atom stereocenters. The van der Waals surface area contributed by atoms with E-state index in [1.807, 2.05) is 0 Å². The molecule has 1 N–H and O–H groups in total. The highest BCUT2D eigenvalue weighted by Gasteiger charge is 2.38. The number of benzene rings is 1. The number of hydrogen-bond acceptors (Lipinski definition) is 3. The van der Waals surface area contributed by atoms with Gasteiger partial charge in [0.2, 0.25) is 0 Å². The van der Waals surface area contributed by atoms with Gasteiger partial charge >= 0.3 is 6.36 Å². The molecule has 3 nitrogen and oxygen atoms in total. The average molecular weight is 347 g/mol. The van der Waals surface area contributed by atoms with E-state index in [2.05, 4.69) is 30.0 Å². The van der Waals surface area contributed by atoms with Crippen LogP contribution in [0.5, 0.6) is 5.75 Å². The average Bonchev–Trinajstić information content (AvgIpc) is 2.39. The van der Waals surface area contributed by atoms with Crippen molar-refractivity contribution in [3.63, 3.8) is 0 Å². The van der Waals surface area contributed by atoms with Crippen LogP contribution in [0, 0.1) is 23.2 Å². The number of alkyl halides is 3. The smallest absolute Gasteiger partial charge is 0.404 e. The number of hydrogen-bond donors (Lipinski definition) is 1. The van der Waals surface area contributed by atoms with E-state index < -0.39 is 17.7 Å². The van der Waals surface area contributed by atoms with Gasteiger partial charge in [-0.2, -0.15) is 5.26 Å². The first-order chi connectivity index (χ1) is 10.6. The van der Waals surface area contributed by atoms with Gasteiger partial charge in [0, 0.05) is 5.69 Å². The van der Waals surface area contributed by atoms with Crippen molar-refractivity contribution in [1.29, 1.82) is 5.26 Å². The van der Waals surface area contributed by atoms with E-state index in [-0.39, 0.29) is 5.02 Å². The summed E-state index contributed by atoms with van der Waals surface area (Å²) in [6.45, 7) is 4.19. The van der Waals surface area contributed by atoms with Crippen LogP contribution >= 0.6 is 11.6 Å². The minimum atomic E-state index is -4.79. The summed E-state index contributed by atoms with van der Waals surface area (Å²) in [5, 5.41) is 12.6. The molecule has 0 aromatic heterocycles. The number of anilines is 1. The lowest BCUT2D eigenvalue weighted by Crippen LogP contribution is -2.43. The summed E-state index contributed by atoms with van der Waals surface area (Å²) in [5.74, 6) is 0.338.